The fraction of sp³-hybridized carbons (Fsp3) is 0.364. The first kappa shape index (κ1) is 14.2. The molecule has 0 fully saturated rings. The minimum Gasteiger partial charge on any atom is -0.281 e. The summed E-state index contributed by atoms with van der Waals surface area (Å²) in [6.07, 6.45) is -0.0222. The number of carbonyl (C=O) groups excluding carboxylic acids is 1. The number of halogens is 1. The van der Waals surface area contributed by atoms with Crippen molar-refractivity contribution in [1.29, 1.82) is 0 Å². The van der Waals surface area contributed by atoms with E-state index in [-0.39, 0.29) is 17.9 Å². The Kier molecular flexibility index (Phi) is 4.68. The van der Waals surface area contributed by atoms with Crippen molar-refractivity contribution >= 4 is 26.9 Å². The number of hydrogen-bond donors (Lipinski definition) is 1. The Labute approximate surface area is 106 Å². The van der Waals surface area contributed by atoms with E-state index >= 15 is 0 Å². The summed E-state index contributed by atoms with van der Waals surface area (Å²) in [6.45, 7) is 3.56. The van der Waals surface area contributed by atoms with Crippen molar-refractivity contribution in [3.63, 3.8) is 0 Å². The zero-order valence-electron chi connectivity index (χ0n) is 9.66. The number of carbonyl (C=O) groups is 1. The molecule has 0 saturated carbocycles. The molecule has 1 N–H and O–H groups in total. The van der Waals surface area contributed by atoms with Crippen LogP contribution in [0.5, 0.6) is 0 Å². The van der Waals surface area contributed by atoms with Crippen LogP contribution >= 0.6 is 11.6 Å². The Bertz CT molecular complexity index is 526. The molecule has 17 heavy (non-hydrogen) atoms. The highest BCUT2D eigenvalue weighted by Crippen LogP contribution is 2.16. The Morgan fingerprint density at radius 2 is 2.00 bits per heavy atom. The van der Waals surface area contributed by atoms with E-state index < -0.39 is 15.3 Å². The van der Waals surface area contributed by atoms with Crippen molar-refractivity contribution in [3.05, 3.63) is 29.3 Å². The molecule has 0 aromatic heterocycles. The smallest absolute Gasteiger partial charge is 0.240 e. The van der Waals surface area contributed by atoms with Gasteiger partial charge in [0.1, 0.15) is 0 Å². The van der Waals surface area contributed by atoms with Gasteiger partial charge in [0.25, 0.3) is 0 Å². The molecule has 0 bridgehead atoms. The standard InChI is InChI=1S/C11H14ClNO3S/c1-8-3-4-9(2)10(7-8)17(15,16)13-6-5-11(12)14/h3-4,7,13H,5-6H2,1-2H3. The summed E-state index contributed by atoms with van der Waals surface area (Å²) >= 11 is 5.14. The van der Waals surface area contributed by atoms with Crippen LogP contribution < -0.4 is 4.72 Å². The van der Waals surface area contributed by atoms with E-state index in [1.54, 1.807) is 19.1 Å². The van der Waals surface area contributed by atoms with Gasteiger partial charge in [-0.1, -0.05) is 12.1 Å². The van der Waals surface area contributed by atoms with Crippen LogP contribution in [0.1, 0.15) is 17.5 Å². The molecule has 0 unspecified atom stereocenters. The van der Waals surface area contributed by atoms with Crippen LogP contribution in [0.25, 0.3) is 0 Å². The maximum atomic E-state index is 11.9. The lowest BCUT2D eigenvalue weighted by Gasteiger charge is -2.09. The maximum Gasteiger partial charge on any atom is 0.240 e. The molecule has 1 aromatic rings. The van der Waals surface area contributed by atoms with E-state index in [1.807, 2.05) is 13.0 Å². The van der Waals surface area contributed by atoms with Crippen LogP contribution in [0.15, 0.2) is 23.1 Å². The molecule has 0 aliphatic rings. The topological polar surface area (TPSA) is 63.2 Å². The predicted molar refractivity (Wildman–Crippen MR) is 66.6 cm³/mol. The third kappa shape index (κ3) is 4.11. The molecule has 6 heteroatoms. The number of aryl methyl sites for hydroxylation is 2. The van der Waals surface area contributed by atoms with Gasteiger partial charge in [0.05, 0.1) is 4.90 Å². The van der Waals surface area contributed by atoms with Crippen LogP contribution in [0.3, 0.4) is 0 Å². The predicted octanol–water partition coefficient (Wildman–Crippen LogP) is 1.74. The van der Waals surface area contributed by atoms with Crippen LogP contribution in [-0.2, 0) is 14.8 Å². The average Bonchev–Trinajstić information content (AvgIpc) is 2.20. The van der Waals surface area contributed by atoms with Gasteiger partial charge in [-0.3, -0.25) is 4.79 Å². The van der Waals surface area contributed by atoms with Crippen molar-refractivity contribution in [2.75, 3.05) is 6.54 Å². The number of hydrogen-bond acceptors (Lipinski definition) is 3. The Balaban J connectivity index is 2.89. The quantitative estimate of drug-likeness (QED) is 0.833. The second-order valence-corrected chi connectivity index (χ2v) is 5.93. The van der Waals surface area contributed by atoms with Gasteiger partial charge in [-0.15, -0.1) is 0 Å². The third-order valence-electron chi connectivity index (χ3n) is 2.25. The molecule has 0 radical (unpaired) electrons. The largest absolute Gasteiger partial charge is 0.281 e. The van der Waals surface area contributed by atoms with E-state index in [9.17, 15) is 13.2 Å². The average molecular weight is 276 g/mol. The van der Waals surface area contributed by atoms with Crippen LogP contribution in [0.2, 0.25) is 0 Å². The van der Waals surface area contributed by atoms with Crippen molar-refractivity contribution in [1.82, 2.24) is 4.72 Å². The Morgan fingerprint density at radius 3 is 2.59 bits per heavy atom. The Hall–Kier alpha value is -0.910. The zero-order valence-corrected chi connectivity index (χ0v) is 11.2. The zero-order chi connectivity index (χ0) is 13.1. The molecule has 0 aliphatic heterocycles. The van der Waals surface area contributed by atoms with Crippen molar-refractivity contribution in [2.45, 2.75) is 25.2 Å². The molecule has 0 saturated heterocycles. The van der Waals surface area contributed by atoms with Crippen LogP contribution in [0.4, 0.5) is 0 Å². The first-order valence-corrected chi connectivity index (χ1v) is 6.94. The summed E-state index contributed by atoms with van der Waals surface area (Å²) in [7, 11) is -3.57. The lowest BCUT2D eigenvalue weighted by molar-refractivity contribution is -0.111. The van der Waals surface area contributed by atoms with Crippen molar-refractivity contribution < 1.29 is 13.2 Å². The van der Waals surface area contributed by atoms with E-state index in [0.717, 1.165) is 5.56 Å². The van der Waals surface area contributed by atoms with E-state index in [0.29, 0.717) is 5.56 Å². The van der Waals surface area contributed by atoms with E-state index in [4.69, 9.17) is 11.6 Å². The van der Waals surface area contributed by atoms with Gasteiger partial charge in [-0.05, 0) is 42.6 Å². The first-order chi connectivity index (χ1) is 7.83. The first-order valence-electron chi connectivity index (χ1n) is 5.08. The van der Waals surface area contributed by atoms with E-state index in [1.165, 1.54) is 0 Å². The van der Waals surface area contributed by atoms with Gasteiger partial charge >= 0.3 is 0 Å². The number of nitrogens with one attached hydrogen (secondary N) is 1. The van der Waals surface area contributed by atoms with Gasteiger partial charge in [-0.25, -0.2) is 13.1 Å². The molecule has 94 valence electrons. The molecule has 0 amide bonds. The molecule has 1 aromatic carbocycles. The van der Waals surface area contributed by atoms with Gasteiger partial charge in [0.15, 0.2) is 0 Å². The lowest BCUT2D eigenvalue weighted by Crippen LogP contribution is -2.26. The molecule has 0 spiro atoms. The number of sulfonamides is 1. The SMILES string of the molecule is Cc1ccc(C)c(S(=O)(=O)NCCC(=O)Cl)c1. The Morgan fingerprint density at radius 1 is 1.35 bits per heavy atom. The van der Waals surface area contributed by atoms with Gasteiger partial charge < -0.3 is 0 Å². The van der Waals surface area contributed by atoms with Crippen molar-refractivity contribution in [2.24, 2.45) is 0 Å². The monoisotopic (exact) mass is 275 g/mol. The summed E-state index contributed by atoms with van der Waals surface area (Å²) in [5.41, 5.74) is 1.53. The minimum atomic E-state index is -3.57. The number of benzene rings is 1. The molecule has 0 heterocycles. The molecular weight excluding hydrogens is 262 g/mol. The summed E-state index contributed by atoms with van der Waals surface area (Å²) < 4.78 is 26.2. The number of rotatable bonds is 5. The van der Waals surface area contributed by atoms with Crippen molar-refractivity contribution in [3.8, 4) is 0 Å². The summed E-state index contributed by atoms with van der Waals surface area (Å²) in [4.78, 5) is 10.8. The third-order valence-corrected chi connectivity index (χ3v) is 4.04. The minimum absolute atomic E-state index is 0.0120. The lowest BCUT2D eigenvalue weighted by atomic mass is 10.2. The highest BCUT2D eigenvalue weighted by molar-refractivity contribution is 7.89. The summed E-state index contributed by atoms with van der Waals surface area (Å²) in [5.74, 6) is 0. The van der Waals surface area contributed by atoms with Crippen LogP contribution in [0, 0.1) is 13.8 Å². The molecular formula is C11H14ClNO3S. The molecule has 1 rings (SSSR count). The highest BCUT2D eigenvalue weighted by Gasteiger charge is 2.16. The fourth-order valence-electron chi connectivity index (χ4n) is 1.36. The van der Waals surface area contributed by atoms with Gasteiger partial charge in [0.2, 0.25) is 15.3 Å². The summed E-state index contributed by atoms with van der Waals surface area (Å²) in [6, 6.07) is 5.19. The van der Waals surface area contributed by atoms with Crippen LogP contribution in [-0.4, -0.2) is 20.2 Å². The van der Waals surface area contributed by atoms with Gasteiger partial charge in [-0.2, -0.15) is 0 Å². The van der Waals surface area contributed by atoms with E-state index in [2.05, 4.69) is 4.72 Å². The molecule has 4 nitrogen and oxygen atoms in total. The second kappa shape index (κ2) is 5.62. The molecule has 0 aliphatic carbocycles. The normalized spacial score (nSPS) is 11.5. The summed E-state index contributed by atoms with van der Waals surface area (Å²) in [5, 5.41) is -0.561. The highest BCUT2D eigenvalue weighted by atomic mass is 35.5. The van der Waals surface area contributed by atoms with Gasteiger partial charge in [0, 0.05) is 13.0 Å². The fourth-order valence-corrected chi connectivity index (χ4v) is 2.81. The molecule has 0 atom stereocenters. The maximum absolute atomic E-state index is 11.9. The second-order valence-electron chi connectivity index (χ2n) is 3.77.